The Hall–Kier alpha value is -1.92. The lowest BCUT2D eigenvalue weighted by Crippen LogP contribution is -2.12. The summed E-state index contributed by atoms with van der Waals surface area (Å²) in [5, 5.41) is 18.1. The highest BCUT2D eigenvalue weighted by molar-refractivity contribution is 7.07. The smallest absolute Gasteiger partial charge is 0.310 e. The number of nitrogens with one attached hydrogen (secondary N) is 1. The van der Waals surface area contributed by atoms with E-state index in [1.807, 2.05) is 23.8 Å². The van der Waals surface area contributed by atoms with Crippen molar-refractivity contribution >= 4 is 17.0 Å². The topological polar surface area (TPSA) is 64.4 Å². The highest BCUT2D eigenvalue weighted by atomic mass is 32.1. The molecular formula is C14H16N2O3S. The number of ether oxygens (including phenoxy) is 1. The molecular weight excluding hydrogens is 276 g/mol. The molecule has 0 fully saturated rings. The summed E-state index contributed by atoms with van der Waals surface area (Å²) in [7, 11) is 0. The molecule has 0 spiro atoms. The van der Waals surface area contributed by atoms with Gasteiger partial charge in [-0.3, -0.25) is 10.1 Å². The van der Waals surface area contributed by atoms with E-state index in [9.17, 15) is 10.1 Å². The van der Waals surface area contributed by atoms with Gasteiger partial charge in [0.2, 0.25) is 0 Å². The Morgan fingerprint density at radius 3 is 2.85 bits per heavy atom. The molecule has 1 aromatic carbocycles. The van der Waals surface area contributed by atoms with Crippen molar-refractivity contribution < 1.29 is 9.66 Å². The van der Waals surface area contributed by atoms with E-state index < -0.39 is 4.92 Å². The van der Waals surface area contributed by atoms with Crippen molar-refractivity contribution in [2.75, 3.05) is 6.54 Å². The van der Waals surface area contributed by atoms with Crippen molar-refractivity contribution in [2.45, 2.75) is 20.1 Å². The normalized spacial score (nSPS) is 10.4. The van der Waals surface area contributed by atoms with Crippen LogP contribution in [-0.4, -0.2) is 11.5 Å². The maximum absolute atomic E-state index is 11.0. The second-order valence-corrected chi connectivity index (χ2v) is 5.04. The number of hydrogen-bond donors (Lipinski definition) is 1. The molecule has 0 saturated carbocycles. The second kappa shape index (κ2) is 7.02. The van der Waals surface area contributed by atoms with Gasteiger partial charge >= 0.3 is 5.69 Å². The van der Waals surface area contributed by atoms with Crippen LogP contribution in [0.2, 0.25) is 0 Å². The highest BCUT2D eigenvalue weighted by Crippen LogP contribution is 2.29. The fraction of sp³-hybridized carbons (Fsp3) is 0.286. The third-order valence-electron chi connectivity index (χ3n) is 2.77. The van der Waals surface area contributed by atoms with Gasteiger partial charge < -0.3 is 10.1 Å². The van der Waals surface area contributed by atoms with Crippen LogP contribution in [0.15, 0.2) is 35.0 Å². The SMILES string of the molecule is CCNCc1ccc([N+](=O)[O-])c(OCc2ccsc2)c1. The number of nitro benzene ring substituents is 1. The Morgan fingerprint density at radius 1 is 1.35 bits per heavy atom. The summed E-state index contributed by atoms with van der Waals surface area (Å²) in [6.07, 6.45) is 0. The summed E-state index contributed by atoms with van der Waals surface area (Å²) in [6, 6.07) is 6.92. The van der Waals surface area contributed by atoms with Gasteiger partial charge in [-0.05, 0) is 40.6 Å². The third-order valence-corrected chi connectivity index (χ3v) is 3.51. The summed E-state index contributed by atoms with van der Waals surface area (Å²) in [5.41, 5.74) is 1.99. The Bertz CT molecular complexity index is 570. The molecule has 106 valence electrons. The van der Waals surface area contributed by atoms with Crippen molar-refractivity contribution in [2.24, 2.45) is 0 Å². The maximum atomic E-state index is 11.0. The van der Waals surface area contributed by atoms with Gasteiger partial charge in [-0.25, -0.2) is 0 Å². The Morgan fingerprint density at radius 2 is 2.20 bits per heavy atom. The molecule has 5 nitrogen and oxygen atoms in total. The minimum absolute atomic E-state index is 0.000443. The zero-order chi connectivity index (χ0) is 14.4. The molecule has 1 heterocycles. The molecule has 2 aromatic rings. The number of thiophene rings is 1. The molecule has 20 heavy (non-hydrogen) atoms. The molecule has 0 radical (unpaired) electrons. The van der Waals surface area contributed by atoms with Crippen LogP contribution in [0.4, 0.5) is 5.69 Å². The summed E-state index contributed by atoms with van der Waals surface area (Å²) in [4.78, 5) is 10.6. The number of nitro groups is 1. The molecule has 0 bridgehead atoms. The van der Waals surface area contributed by atoms with Crippen LogP contribution in [0, 0.1) is 10.1 Å². The molecule has 2 rings (SSSR count). The lowest BCUT2D eigenvalue weighted by Gasteiger charge is -2.08. The summed E-state index contributed by atoms with van der Waals surface area (Å²) in [6.45, 7) is 3.87. The van der Waals surface area contributed by atoms with Gasteiger partial charge in [-0.15, -0.1) is 0 Å². The average molecular weight is 292 g/mol. The first-order valence-electron chi connectivity index (χ1n) is 6.32. The Kier molecular flexibility index (Phi) is 5.09. The van der Waals surface area contributed by atoms with Crippen molar-refractivity contribution in [1.82, 2.24) is 5.32 Å². The molecule has 0 aliphatic carbocycles. The largest absolute Gasteiger partial charge is 0.482 e. The highest BCUT2D eigenvalue weighted by Gasteiger charge is 2.15. The fourth-order valence-electron chi connectivity index (χ4n) is 1.74. The van der Waals surface area contributed by atoms with E-state index in [0.29, 0.717) is 18.9 Å². The first kappa shape index (κ1) is 14.5. The van der Waals surface area contributed by atoms with E-state index in [2.05, 4.69) is 5.32 Å². The minimum Gasteiger partial charge on any atom is -0.482 e. The molecule has 0 amide bonds. The predicted molar refractivity (Wildman–Crippen MR) is 79.1 cm³/mol. The molecule has 0 aliphatic rings. The maximum Gasteiger partial charge on any atom is 0.310 e. The summed E-state index contributed by atoms with van der Waals surface area (Å²) >= 11 is 1.58. The van der Waals surface area contributed by atoms with E-state index >= 15 is 0 Å². The molecule has 1 N–H and O–H groups in total. The van der Waals surface area contributed by atoms with Gasteiger partial charge in [-0.1, -0.05) is 13.0 Å². The van der Waals surface area contributed by atoms with E-state index in [-0.39, 0.29) is 5.69 Å². The van der Waals surface area contributed by atoms with Crippen molar-refractivity contribution in [3.63, 3.8) is 0 Å². The number of rotatable bonds is 7. The predicted octanol–water partition coefficient (Wildman–Crippen LogP) is 3.34. The second-order valence-electron chi connectivity index (χ2n) is 4.26. The van der Waals surface area contributed by atoms with Crippen LogP contribution >= 0.6 is 11.3 Å². The van der Waals surface area contributed by atoms with Gasteiger partial charge in [0, 0.05) is 12.6 Å². The molecule has 1 aromatic heterocycles. The molecule has 0 unspecified atom stereocenters. The average Bonchev–Trinajstić information content (AvgIpc) is 2.96. The first-order valence-corrected chi connectivity index (χ1v) is 7.27. The third kappa shape index (κ3) is 3.79. The van der Waals surface area contributed by atoms with Gasteiger partial charge in [0.15, 0.2) is 5.75 Å². The molecule has 0 atom stereocenters. The van der Waals surface area contributed by atoms with Crippen molar-refractivity contribution in [1.29, 1.82) is 0 Å². The summed E-state index contributed by atoms with van der Waals surface area (Å²) < 4.78 is 5.60. The van der Waals surface area contributed by atoms with Crippen LogP contribution in [0.25, 0.3) is 0 Å². The van der Waals surface area contributed by atoms with Crippen LogP contribution in [0.5, 0.6) is 5.75 Å². The number of benzene rings is 1. The van der Waals surface area contributed by atoms with Crippen molar-refractivity contribution in [3.8, 4) is 5.75 Å². The standard InChI is InChI=1S/C14H16N2O3S/c1-2-15-8-11-3-4-13(16(17)18)14(7-11)19-9-12-5-6-20-10-12/h3-7,10,15H,2,8-9H2,1H3. The molecule has 0 aliphatic heterocycles. The van der Waals surface area contributed by atoms with Gasteiger partial charge in [0.25, 0.3) is 0 Å². The zero-order valence-corrected chi connectivity index (χ0v) is 12.0. The van der Waals surface area contributed by atoms with Crippen LogP contribution < -0.4 is 10.1 Å². The monoisotopic (exact) mass is 292 g/mol. The van der Waals surface area contributed by atoms with E-state index in [1.165, 1.54) is 6.07 Å². The van der Waals surface area contributed by atoms with Gasteiger partial charge in [-0.2, -0.15) is 11.3 Å². The first-order chi connectivity index (χ1) is 9.70. The zero-order valence-electron chi connectivity index (χ0n) is 11.2. The number of nitrogens with zero attached hydrogens (tertiary/aromatic N) is 1. The van der Waals surface area contributed by atoms with Crippen molar-refractivity contribution in [3.05, 3.63) is 56.3 Å². The quantitative estimate of drug-likeness (QED) is 0.628. The van der Waals surface area contributed by atoms with Crippen LogP contribution in [-0.2, 0) is 13.2 Å². The molecule has 6 heteroatoms. The van der Waals surface area contributed by atoms with Crippen LogP contribution in [0.3, 0.4) is 0 Å². The van der Waals surface area contributed by atoms with Gasteiger partial charge in [0.05, 0.1) is 4.92 Å². The lowest BCUT2D eigenvalue weighted by molar-refractivity contribution is -0.386. The number of hydrogen-bond acceptors (Lipinski definition) is 5. The summed E-state index contributed by atoms with van der Waals surface area (Å²) in [5.74, 6) is 0.316. The van der Waals surface area contributed by atoms with E-state index in [4.69, 9.17) is 4.74 Å². The minimum atomic E-state index is -0.417. The fourth-order valence-corrected chi connectivity index (χ4v) is 2.39. The molecule has 0 saturated heterocycles. The lowest BCUT2D eigenvalue weighted by atomic mass is 10.2. The van der Waals surface area contributed by atoms with E-state index in [0.717, 1.165) is 17.7 Å². The van der Waals surface area contributed by atoms with Gasteiger partial charge in [0.1, 0.15) is 6.61 Å². The van der Waals surface area contributed by atoms with Crippen LogP contribution in [0.1, 0.15) is 18.1 Å². The Labute approximate surface area is 121 Å². The Balaban J connectivity index is 2.15. The van der Waals surface area contributed by atoms with E-state index in [1.54, 1.807) is 23.5 Å².